The highest BCUT2D eigenvalue weighted by atomic mass is 16.6. The first-order valence-electron chi connectivity index (χ1n) is 12.1. The lowest BCUT2D eigenvalue weighted by molar-refractivity contribution is -0.534. The van der Waals surface area contributed by atoms with E-state index in [4.69, 9.17) is 4.74 Å². The zero-order chi connectivity index (χ0) is 24.2. The minimum Gasteiger partial charge on any atom is -0.489 e. The summed E-state index contributed by atoms with van der Waals surface area (Å²) >= 11 is 0. The lowest BCUT2D eigenvalue weighted by atomic mass is 9.77. The highest BCUT2D eigenvalue weighted by molar-refractivity contribution is 6.07. The lowest BCUT2D eigenvalue weighted by Gasteiger charge is -2.32. The Balaban J connectivity index is 1.34. The standard InChI is InChI=1S/C28H27N3O4/c1-18-8-10-19(11-9-18)17-35-21-14-12-20(13-15-21)25-24-7-4-16-30(24)28(26(25)31(33)34)22-5-2-3-6-23(22)29-27(28)32/h2-3,5-6,8-15,24-26H,4,7,16-17H2,1H3,(H,29,32)/t24-,25+,26+,28-/m0/s1. The van der Waals surface area contributed by atoms with Crippen molar-refractivity contribution in [1.29, 1.82) is 0 Å². The zero-order valence-electron chi connectivity index (χ0n) is 19.5. The van der Waals surface area contributed by atoms with E-state index in [1.807, 2.05) is 67.6 Å². The molecule has 1 N–H and O–H groups in total. The Morgan fingerprint density at radius 3 is 2.57 bits per heavy atom. The van der Waals surface area contributed by atoms with Crippen LogP contribution in [0.3, 0.4) is 0 Å². The van der Waals surface area contributed by atoms with Crippen LogP contribution in [0.2, 0.25) is 0 Å². The number of rotatable bonds is 5. The second-order valence-corrected chi connectivity index (χ2v) is 9.77. The van der Waals surface area contributed by atoms with E-state index < -0.39 is 17.5 Å². The summed E-state index contributed by atoms with van der Waals surface area (Å²) in [5, 5.41) is 15.6. The van der Waals surface area contributed by atoms with Crippen LogP contribution in [0.1, 0.15) is 41.0 Å². The third-order valence-electron chi connectivity index (χ3n) is 7.89. The molecule has 1 amide bonds. The summed E-state index contributed by atoms with van der Waals surface area (Å²) < 4.78 is 5.96. The molecule has 178 valence electrons. The van der Waals surface area contributed by atoms with Gasteiger partial charge in [0.15, 0.2) is 5.54 Å². The third kappa shape index (κ3) is 3.26. The van der Waals surface area contributed by atoms with Crippen molar-refractivity contribution < 1.29 is 14.5 Å². The fourth-order valence-electron chi connectivity index (χ4n) is 6.41. The molecule has 2 saturated heterocycles. The summed E-state index contributed by atoms with van der Waals surface area (Å²) in [6, 6.07) is 22.1. The minimum absolute atomic E-state index is 0.0679. The van der Waals surface area contributed by atoms with E-state index in [1.165, 1.54) is 5.56 Å². The van der Waals surface area contributed by atoms with Crippen molar-refractivity contribution in [3.05, 3.63) is 105 Å². The van der Waals surface area contributed by atoms with Gasteiger partial charge in [-0.2, -0.15) is 0 Å². The molecule has 0 aromatic heterocycles. The quantitative estimate of drug-likeness (QED) is 0.435. The number of nitro groups is 1. The van der Waals surface area contributed by atoms with E-state index in [0.717, 1.165) is 29.5 Å². The van der Waals surface area contributed by atoms with Gasteiger partial charge in [0.25, 0.3) is 11.9 Å². The topological polar surface area (TPSA) is 84.7 Å². The van der Waals surface area contributed by atoms with Crippen LogP contribution < -0.4 is 10.1 Å². The molecule has 3 aliphatic rings. The van der Waals surface area contributed by atoms with Crippen molar-refractivity contribution in [3.8, 4) is 5.75 Å². The fourth-order valence-corrected chi connectivity index (χ4v) is 6.41. The normalized spacial score (nSPS) is 27.0. The summed E-state index contributed by atoms with van der Waals surface area (Å²) in [6.07, 6.45) is 1.75. The number of aryl methyl sites for hydroxylation is 1. The average Bonchev–Trinajstić information content (AvgIpc) is 3.52. The first kappa shape index (κ1) is 21.8. The van der Waals surface area contributed by atoms with E-state index in [1.54, 1.807) is 0 Å². The van der Waals surface area contributed by atoms with Gasteiger partial charge in [-0.25, -0.2) is 0 Å². The van der Waals surface area contributed by atoms with Crippen LogP contribution in [0.15, 0.2) is 72.8 Å². The number of nitrogens with one attached hydrogen (secondary N) is 1. The van der Waals surface area contributed by atoms with E-state index in [0.29, 0.717) is 24.6 Å². The molecule has 35 heavy (non-hydrogen) atoms. The average molecular weight is 470 g/mol. The molecule has 7 nitrogen and oxygen atoms in total. The van der Waals surface area contributed by atoms with Gasteiger partial charge in [0.1, 0.15) is 12.4 Å². The zero-order valence-corrected chi connectivity index (χ0v) is 19.5. The van der Waals surface area contributed by atoms with Crippen LogP contribution in [-0.4, -0.2) is 34.4 Å². The number of anilines is 1. The van der Waals surface area contributed by atoms with E-state index in [9.17, 15) is 14.9 Å². The number of hydrogen-bond acceptors (Lipinski definition) is 5. The van der Waals surface area contributed by atoms with E-state index >= 15 is 0 Å². The summed E-state index contributed by atoms with van der Waals surface area (Å²) in [5.74, 6) is 0.0373. The van der Waals surface area contributed by atoms with Crippen LogP contribution >= 0.6 is 0 Å². The first-order chi connectivity index (χ1) is 17.0. The highest BCUT2D eigenvalue weighted by Gasteiger charge is 2.73. The Morgan fingerprint density at radius 2 is 1.83 bits per heavy atom. The Hall–Kier alpha value is -3.71. The molecule has 3 aromatic carbocycles. The number of amides is 1. The molecule has 3 aliphatic heterocycles. The van der Waals surface area contributed by atoms with Crippen LogP contribution in [0.25, 0.3) is 0 Å². The van der Waals surface area contributed by atoms with Gasteiger partial charge < -0.3 is 10.1 Å². The molecule has 0 bridgehead atoms. The van der Waals surface area contributed by atoms with Gasteiger partial charge in [-0.15, -0.1) is 0 Å². The lowest BCUT2D eigenvalue weighted by Crippen LogP contribution is -2.55. The number of ether oxygens (including phenoxy) is 1. The fraction of sp³-hybridized carbons (Fsp3) is 0.321. The maximum absolute atomic E-state index is 13.5. The Labute approximate surface area is 203 Å². The van der Waals surface area contributed by atoms with Crippen molar-refractivity contribution in [2.75, 3.05) is 11.9 Å². The summed E-state index contributed by atoms with van der Waals surface area (Å²) in [7, 11) is 0. The van der Waals surface area contributed by atoms with Gasteiger partial charge in [-0.05, 0) is 49.1 Å². The van der Waals surface area contributed by atoms with Crippen LogP contribution in [0.5, 0.6) is 5.75 Å². The maximum atomic E-state index is 13.5. The number of fused-ring (bicyclic) bond motifs is 4. The predicted molar refractivity (Wildman–Crippen MR) is 132 cm³/mol. The van der Waals surface area contributed by atoms with E-state index in [2.05, 4.69) is 22.3 Å². The van der Waals surface area contributed by atoms with Crippen molar-refractivity contribution in [1.82, 2.24) is 4.90 Å². The predicted octanol–water partition coefficient (Wildman–Crippen LogP) is 4.63. The Morgan fingerprint density at radius 1 is 1.09 bits per heavy atom. The van der Waals surface area contributed by atoms with Crippen LogP contribution in [0.4, 0.5) is 5.69 Å². The molecule has 2 fully saturated rings. The number of benzene rings is 3. The van der Waals surface area contributed by atoms with Gasteiger partial charge in [0, 0.05) is 28.8 Å². The second kappa shape index (κ2) is 8.20. The molecule has 3 heterocycles. The largest absolute Gasteiger partial charge is 0.489 e. The van der Waals surface area contributed by atoms with Gasteiger partial charge in [0.2, 0.25) is 0 Å². The molecule has 0 unspecified atom stereocenters. The maximum Gasteiger partial charge on any atom is 0.256 e. The molecular formula is C28H27N3O4. The summed E-state index contributed by atoms with van der Waals surface area (Å²) in [5.41, 5.74) is 3.27. The molecule has 7 heteroatoms. The molecule has 0 aliphatic carbocycles. The molecule has 3 aromatic rings. The second-order valence-electron chi connectivity index (χ2n) is 9.77. The molecule has 1 spiro atoms. The molecule has 4 atom stereocenters. The van der Waals surface area contributed by atoms with Gasteiger partial charge in [0.05, 0.1) is 5.92 Å². The van der Waals surface area contributed by atoms with Crippen molar-refractivity contribution in [3.63, 3.8) is 0 Å². The van der Waals surface area contributed by atoms with Crippen molar-refractivity contribution in [2.24, 2.45) is 0 Å². The third-order valence-corrected chi connectivity index (χ3v) is 7.89. The number of para-hydroxylation sites is 1. The van der Waals surface area contributed by atoms with E-state index in [-0.39, 0.29) is 16.9 Å². The van der Waals surface area contributed by atoms with Crippen LogP contribution in [0, 0.1) is 17.0 Å². The molecule has 6 rings (SSSR count). The molecular weight excluding hydrogens is 442 g/mol. The summed E-state index contributed by atoms with van der Waals surface area (Å²) in [6.45, 7) is 3.18. The first-order valence-corrected chi connectivity index (χ1v) is 12.1. The minimum atomic E-state index is -1.29. The number of carbonyl (C=O) groups is 1. The van der Waals surface area contributed by atoms with Crippen molar-refractivity contribution >= 4 is 11.6 Å². The number of carbonyl (C=O) groups excluding carboxylic acids is 1. The SMILES string of the molecule is Cc1ccc(COc2ccc([C@@H]3[C@@H]4CCCN4[C@]4(C(=O)Nc5ccccc54)[C@@H]3[N+](=O)[O-])cc2)cc1. The van der Waals surface area contributed by atoms with Crippen LogP contribution in [-0.2, 0) is 16.9 Å². The summed E-state index contributed by atoms with van der Waals surface area (Å²) in [4.78, 5) is 28.0. The van der Waals surface area contributed by atoms with Gasteiger partial charge in [-0.1, -0.05) is 60.2 Å². The number of nitrogens with zero attached hydrogens (tertiary/aromatic N) is 2. The monoisotopic (exact) mass is 469 g/mol. The smallest absolute Gasteiger partial charge is 0.256 e. The Kier molecular flexibility index (Phi) is 5.11. The molecule has 0 radical (unpaired) electrons. The van der Waals surface area contributed by atoms with Gasteiger partial charge >= 0.3 is 0 Å². The highest BCUT2D eigenvalue weighted by Crippen LogP contribution is 2.58. The van der Waals surface area contributed by atoms with Gasteiger partial charge in [-0.3, -0.25) is 19.8 Å². The Bertz CT molecular complexity index is 1290. The molecule has 0 saturated carbocycles. The van der Waals surface area contributed by atoms with Crippen molar-refractivity contribution in [2.45, 2.75) is 49.9 Å². The number of hydrogen-bond donors (Lipinski definition) is 1.